The van der Waals surface area contributed by atoms with Gasteiger partial charge in [-0.2, -0.15) is 0 Å². The molecule has 2 aromatic carbocycles. The average molecular weight is 363 g/mol. The van der Waals surface area contributed by atoms with Gasteiger partial charge in [0.2, 0.25) is 0 Å². The maximum Gasteiger partial charge on any atom is 0.289 e. The van der Waals surface area contributed by atoms with Crippen LogP contribution in [0.5, 0.6) is 0 Å². The van der Waals surface area contributed by atoms with E-state index in [-0.39, 0.29) is 16.6 Å². The van der Waals surface area contributed by atoms with Crippen molar-refractivity contribution in [2.75, 3.05) is 11.9 Å². The number of hydrogen-bond acceptors (Lipinski definition) is 3. The SMILES string of the molecule is CCCC[NH2+][C@H](C(=O)Nc1ccc(Cl)c([N+](=O)[O-])c1)c1ccccc1. The maximum absolute atomic E-state index is 12.7. The van der Waals surface area contributed by atoms with Crippen molar-refractivity contribution in [2.45, 2.75) is 25.8 Å². The van der Waals surface area contributed by atoms with E-state index in [4.69, 9.17) is 11.6 Å². The highest BCUT2D eigenvalue weighted by Crippen LogP contribution is 2.27. The summed E-state index contributed by atoms with van der Waals surface area (Å²) in [6.45, 7) is 2.92. The molecule has 7 heteroatoms. The first-order valence-corrected chi connectivity index (χ1v) is 8.53. The number of amides is 1. The fourth-order valence-electron chi connectivity index (χ4n) is 2.49. The summed E-state index contributed by atoms with van der Waals surface area (Å²) in [6.07, 6.45) is 2.05. The van der Waals surface area contributed by atoms with E-state index in [1.165, 1.54) is 12.1 Å². The monoisotopic (exact) mass is 362 g/mol. The lowest BCUT2D eigenvalue weighted by molar-refractivity contribution is -0.682. The Balaban J connectivity index is 2.19. The number of nitrogens with one attached hydrogen (secondary N) is 1. The van der Waals surface area contributed by atoms with E-state index in [1.54, 1.807) is 6.07 Å². The molecule has 2 aromatic rings. The van der Waals surface area contributed by atoms with Crippen LogP contribution in [0.15, 0.2) is 48.5 Å². The van der Waals surface area contributed by atoms with Gasteiger partial charge in [-0.1, -0.05) is 55.3 Å². The van der Waals surface area contributed by atoms with Gasteiger partial charge in [0.05, 0.1) is 11.5 Å². The van der Waals surface area contributed by atoms with Gasteiger partial charge in [-0.25, -0.2) is 0 Å². The van der Waals surface area contributed by atoms with Crippen LogP contribution in [0.1, 0.15) is 31.4 Å². The van der Waals surface area contributed by atoms with Gasteiger partial charge in [-0.3, -0.25) is 14.9 Å². The molecule has 0 saturated heterocycles. The van der Waals surface area contributed by atoms with Crippen molar-refractivity contribution in [3.05, 3.63) is 69.2 Å². The number of carbonyl (C=O) groups is 1. The van der Waals surface area contributed by atoms with Gasteiger partial charge in [0.1, 0.15) is 5.02 Å². The van der Waals surface area contributed by atoms with Crippen molar-refractivity contribution in [1.82, 2.24) is 0 Å². The Bertz CT molecular complexity index is 738. The summed E-state index contributed by atoms with van der Waals surface area (Å²) in [4.78, 5) is 23.2. The predicted molar refractivity (Wildman–Crippen MR) is 97.6 cm³/mol. The van der Waals surface area contributed by atoms with Gasteiger partial charge < -0.3 is 10.6 Å². The molecule has 6 nitrogen and oxygen atoms in total. The van der Waals surface area contributed by atoms with Crippen molar-refractivity contribution in [2.24, 2.45) is 0 Å². The van der Waals surface area contributed by atoms with Crippen LogP contribution in [-0.4, -0.2) is 17.4 Å². The molecular weight excluding hydrogens is 342 g/mol. The van der Waals surface area contributed by atoms with E-state index in [1.807, 2.05) is 35.6 Å². The van der Waals surface area contributed by atoms with Crippen LogP contribution in [0.2, 0.25) is 5.02 Å². The molecule has 0 aliphatic rings. The summed E-state index contributed by atoms with van der Waals surface area (Å²) in [5, 5.41) is 15.8. The number of hydrogen-bond donors (Lipinski definition) is 2. The number of quaternary nitrogens is 1. The van der Waals surface area contributed by atoms with E-state index in [0.717, 1.165) is 24.9 Å². The van der Waals surface area contributed by atoms with Gasteiger partial charge in [0.15, 0.2) is 6.04 Å². The molecule has 1 atom stereocenters. The van der Waals surface area contributed by atoms with Crippen LogP contribution in [0.3, 0.4) is 0 Å². The lowest BCUT2D eigenvalue weighted by Gasteiger charge is -2.16. The fourth-order valence-corrected chi connectivity index (χ4v) is 2.68. The fraction of sp³-hybridized carbons (Fsp3) is 0.278. The standard InChI is InChI=1S/C18H20ClN3O3/c1-2-3-11-20-17(13-7-5-4-6-8-13)18(23)21-14-9-10-15(19)16(12-14)22(24)25/h4-10,12,17,20H,2-3,11H2,1H3,(H,21,23)/p+1/t17-/m0/s1. The number of nitro benzene ring substituents is 1. The molecule has 0 radical (unpaired) electrons. The number of nitrogens with two attached hydrogens (primary N) is 1. The van der Waals surface area contributed by atoms with E-state index in [9.17, 15) is 14.9 Å². The first kappa shape index (κ1) is 18.9. The predicted octanol–water partition coefficient (Wildman–Crippen LogP) is 3.29. The normalized spacial score (nSPS) is 11.8. The molecule has 0 aromatic heterocycles. The van der Waals surface area contributed by atoms with Crippen LogP contribution < -0.4 is 10.6 Å². The number of anilines is 1. The molecule has 0 saturated carbocycles. The zero-order valence-electron chi connectivity index (χ0n) is 13.9. The third kappa shape index (κ3) is 5.27. The number of nitro groups is 1. The molecule has 0 aliphatic heterocycles. The summed E-state index contributed by atoms with van der Waals surface area (Å²) >= 11 is 5.81. The molecule has 25 heavy (non-hydrogen) atoms. The second-order valence-electron chi connectivity index (χ2n) is 5.68. The molecule has 0 spiro atoms. The molecule has 0 unspecified atom stereocenters. The second kappa shape index (κ2) is 9.15. The molecule has 132 valence electrons. The highest BCUT2D eigenvalue weighted by atomic mass is 35.5. The second-order valence-corrected chi connectivity index (χ2v) is 6.09. The number of unbranched alkanes of at least 4 members (excludes halogenated alkanes) is 1. The first-order valence-electron chi connectivity index (χ1n) is 8.16. The molecule has 0 bridgehead atoms. The highest BCUT2D eigenvalue weighted by molar-refractivity contribution is 6.32. The quantitative estimate of drug-likeness (QED) is 0.429. The summed E-state index contributed by atoms with van der Waals surface area (Å²) in [6, 6.07) is 13.3. The Morgan fingerprint density at radius 1 is 1.28 bits per heavy atom. The zero-order chi connectivity index (χ0) is 18.2. The van der Waals surface area contributed by atoms with E-state index >= 15 is 0 Å². The van der Waals surface area contributed by atoms with Crippen LogP contribution in [0.25, 0.3) is 0 Å². The van der Waals surface area contributed by atoms with Gasteiger partial charge in [-0.15, -0.1) is 0 Å². The third-order valence-corrected chi connectivity index (χ3v) is 4.13. The average Bonchev–Trinajstić information content (AvgIpc) is 2.61. The van der Waals surface area contributed by atoms with Crippen molar-refractivity contribution >= 4 is 28.9 Å². The van der Waals surface area contributed by atoms with E-state index in [0.29, 0.717) is 5.69 Å². The Kier molecular flexibility index (Phi) is 6.91. The van der Waals surface area contributed by atoms with E-state index < -0.39 is 11.0 Å². The minimum Gasteiger partial charge on any atom is -0.332 e. The molecule has 0 aliphatic carbocycles. The third-order valence-electron chi connectivity index (χ3n) is 3.81. The smallest absolute Gasteiger partial charge is 0.289 e. The number of halogens is 1. The topological polar surface area (TPSA) is 88.8 Å². The highest BCUT2D eigenvalue weighted by Gasteiger charge is 2.24. The Morgan fingerprint density at radius 3 is 2.64 bits per heavy atom. The van der Waals surface area contributed by atoms with Crippen molar-refractivity contribution in [1.29, 1.82) is 0 Å². The molecule has 1 amide bonds. The first-order chi connectivity index (χ1) is 12.0. The van der Waals surface area contributed by atoms with Gasteiger partial charge in [0.25, 0.3) is 11.6 Å². The molecule has 0 heterocycles. The van der Waals surface area contributed by atoms with Gasteiger partial charge in [0, 0.05) is 17.3 Å². The number of benzene rings is 2. The van der Waals surface area contributed by atoms with Crippen LogP contribution in [0.4, 0.5) is 11.4 Å². The van der Waals surface area contributed by atoms with Crippen LogP contribution in [0, 0.1) is 10.1 Å². The number of carbonyl (C=O) groups excluding carboxylic acids is 1. The number of nitrogens with zero attached hydrogens (tertiary/aromatic N) is 1. The minimum absolute atomic E-state index is 0.0390. The lowest BCUT2D eigenvalue weighted by atomic mass is 10.1. The number of rotatable bonds is 8. The van der Waals surface area contributed by atoms with Crippen molar-refractivity contribution in [3.63, 3.8) is 0 Å². The molecular formula is C18H21ClN3O3+. The van der Waals surface area contributed by atoms with Crippen molar-refractivity contribution < 1.29 is 15.0 Å². The molecule has 2 rings (SSSR count). The summed E-state index contributed by atoms with van der Waals surface area (Å²) in [7, 11) is 0. The summed E-state index contributed by atoms with van der Waals surface area (Å²) in [5.41, 5.74) is 1.01. The van der Waals surface area contributed by atoms with Crippen LogP contribution >= 0.6 is 11.6 Å². The lowest BCUT2D eigenvalue weighted by Crippen LogP contribution is -2.87. The Morgan fingerprint density at radius 2 is 2.00 bits per heavy atom. The molecule has 3 N–H and O–H groups in total. The van der Waals surface area contributed by atoms with Gasteiger partial charge in [-0.05, 0) is 18.6 Å². The van der Waals surface area contributed by atoms with Crippen LogP contribution in [-0.2, 0) is 4.79 Å². The Hall–Kier alpha value is -2.44. The summed E-state index contributed by atoms with van der Waals surface area (Å²) < 4.78 is 0. The minimum atomic E-state index is -0.569. The largest absolute Gasteiger partial charge is 0.332 e. The van der Waals surface area contributed by atoms with Gasteiger partial charge >= 0.3 is 0 Å². The molecule has 0 fully saturated rings. The van der Waals surface area contributed by atoms with Crippen molar-refractivity contribution in [3.8, 4) is 0 Å². The summed E-state index contributed by atoms with van der Waals surface area (Å²) in [5.74, 6) is -0.223. The van der Waals surface area contributed by atoms with E-state index in [2.05, 4.69) is 12.2 Å². The zero-order valence-corrected chi connectivity index (χ0v) is 14.7. The Labute approximate surface area is 151 Å². The maximum atomic E-state index is 12.7.